The molecule has 0 spiro atoms. The summed E-state index contributed by atoms with van der Waals surface area (Å²) in [7, 11) is 1.47. The minimum absolute atomic E-state index is 0.0565. The molecule has 0 aromatic heterocycles. The summed E-state index contributed by atoms with van der Waals surface area (Å²) in [4.78, 5) is 41.7. The molecule has 3 aromatic carbocycles. The molecule has 4 rings (SSSR count). The lowest BCUT2D eigenvalue weighted by Gasteiger charge is -2.33. The number of nitrogens with zero attached hydrogens (tertiary/aromatic N) is 1. The quantitative estimate of drug-likeness (QED) is 0.336. The molecule has 0 fully saturated rings. The van der Waals surface area contributed by atoms with Gasteiger partial charge in [0.15, 0.2) is 5.78 Å². The van der Waals surface area contributed by atoms with E-state index < -0.39 is 34.9 Å². The lowest BCUT2D eigenvalue weighted by Crippen LogP contribution is -2.66. The molecule has 0 unspecified atom stereocenters. The number of methoxy groups -OCH3 is 1. The van der Waals surface area contributed by atoms with Crippen LogP contribution in [0, 0.1) is 0 Å². The van der Waals surface area contributed by atoms with E-state index in [9.17, 15) is 14.4 Å². The van der Waals surface area contributed by atoms with Crippen LogP contribution in [0.5, 0.6) is 11.5 Å². The third-order valence-electron chi connectivity index (χ3n) is 6.68. The van der Waals surface area contributed by atoms with Gasteiger partial charge in [-0.05, 0) is 62.7 Å². The monoisotopic (exact) mass is 566 g/mol. The van der Waals surface area contributed by atoms with E-state index in [4.69, 9.17) is 9.47 Å². The highest BCUT2D eigenvalue weighted by molar-refractivity contribution is 6.19. The molecule has 0 saturated carbocycles. The van der Waals surface area contributed by atoms with Crippen LogP contribution >= 0.6 is 0 Å². The fourth-order valence-corrected chi connectivity index (χ4v) is 4.69. The van der Waals surface area contributed by atoms with Crippen LogP contribution in [0.15, 0.2) is 90.1 Å². The van der Waals surface area contributed by atoms with Gasteiger partial charge in [0.1, 0.15) is 11.5 Å². The Morgan fingerprint density at radius 1 is 0.902 bits per heavy atom. The number of alkyl halides is 3. The van der Waals surface area contributed by atoms with Crippen LogP contribution in [0.4, 0.5) is 13.2 Å². The average Bonchev–Trinajstić information content (AvgIpc) is 3.15. The molecule has 1 aliphatic rings. The number of halogens is 3. The van der Waals surface area contributed by atoms with E-state index in [1.54, 1.807) is 44.2 Å². The van der Waals surface area contributed by atoms with Crippen LogP contribution in [0.2, 0.25) is 0 Å². The number of benzene rings is 3. The first-order valence-electron chi connectivity index (χ1n) is 12.8. The summed E-state index contributed by atoms with van der Waals surface area (Å²) in [5.74, 6) is -2.74. The van der Waals surface area contributed by atoms with Crippen LogP contribution in [-0.2, 0) is 11.3 Å². The molecule has 1 N–H and O–H groups in total. The largest absolute Gasteiger partial charge is 0.497 e. The fraction of sp³-hybridized carbons (Fsp3) is 0.258. The zero-order valence-electron chi connectivity index (χ0n) is 22.9. The Bertz CT molecular complexity index is 1470. The average molecular weight is 567 g/mol. The first-order valence-corrected chi connectivity index (χ1v) is 12.8. The molecule has 1 atom stereocenters. The van der Waals surface area contributed by atoms with E-state index in [1.165, 1.54) is 62.6 Å². The minimum atomic E-state index is -5.36. The molecule has 7 nitrogen and oxygen atoms in total. The van der Waals surface area contributed by atoms with Crippen molar-refractivity contribution in [1.29, 1.82) is 0 Å². The summed E-state index contributed by atoms with van der Waals surface area (Å²) < 4.78 is 56.2. The van der Waals surface area contributed by atoms with E-state index >= 15 is 13.2 Å². The van der Waals surface area contributed by atoms with Crippen molar-refractivity contribution in [2.45, 2.75) is 45.1 Å². The number of rotatable bonds is 9. The highest BCUT2D eigenvalue weighted by Crippen LogP contribution is 2.46. The summed E-state index contributed by atoms with van der Waals surface area (Å²) in [5, 5.41) is 1.93. The number of allylic oxidation sites excluding steroid dienone is 1. The second kappa shape index (κ2) is 11.5. The SMILES string of the molecule is COc1ccc(CN2C(=O)[C@@](NC(=O)c3ccc(OC(C)C)cc3)(C(F)(F)F)C(C(=O)c3ccccc3)=C2C)cc1. The van der Waals surface area contributed by atoms with E-state index in [0.29, 0.717) is 17.1 Å². The predicted molar refractivity (Wildman–Crippen MR) is 145 cm³/mol. The zero-order valence-corrected chi connectivity index (χ0v) is 22.9. The van der Waals surface area contributed by atoms with Crippen LogP contribution < -0.4 is 14.8 Å². The van der Waals surface area contributed by atoms with Gasteiger partial charge < -0.3 is 19.7 Å². The number of ketones is 1. The minimum Gasteiger partial charge on any atom is -0.497 e. The van der Waals surface area contributed by atoms with Gasteiger partial charge in [0.2, 0.25) is 5.54 Å². The predicted octanol–water partition coefficient (Wildman–Crippen LogP) is 5.71. The van der Waals surface area contributed by atoms with Crippen molar-refractivity contribution in [2.24, 2.45) is 0 Å². The maximum atomic E-state index is 15.2. The third-order valence-corrected chi connectivity index (χ3v) is 6.68. The highest BCUT2D eigenvalue weighted by Gasteiger charge is 2.70. The fourth-order valence-electron chi connectivity index (χ4n) is 4.69. The number of Topliss-reactive ketones (excluding diaryl/α,β-unsaturated/α-hetero) is 1. The Morgan fingerprint density at radius 3 is 2.02 bits per heavy atom. The summed E-state index contributed by atoms with van der Waals surface area (Å²) in [6, 6.07) is 19.2. The molecule has 10 heteroatoms. The van der Waals surface area contributed by atoms with E-state index in [2.05, 4.69) is 0 Å². The standard InChI is InChI=1S/C31H29F3N2O5/c1-19(2)41-25-16-12-23(13-17-25)28(38)35-30(31(32,33)34)26(27(37)22-8-6-5-7-9-22)20(3)36(29(30)39)18-21-10-14-24(40-4)15-11-21/h5-17,19H,18H2,1-4H3,(H,35,38)/t30-/m1/s1. The Morgan fingerprint density at radius 2 is 1.49 bits per heavy atom. The van der Waals surface area contributed by atoms with E-state index in [0.717, 1.165) is 4.90 Å². The van der Waals surface area contributed by atoms with Crippen molar-refractivity contribution in [3.8, 4) is 11.5 Å². The smallest absolute Gasteiger partial charge is 0.425 e. The van der Waals surface area contributed by atoms with Crippen LogP contribution in [-0.4, -0.2) is 47.4 Å². The molecule has 1 heterocycles. The molecule has 0 radical (unpaired) electrons. The summed E-state index contributed by atoms with van der Waals surface area (Å²) in [6.45, 7) is 4.61. The number of carbonyl (C=O) groups excluding carboxylic acids is 3. The van der Waals surface area contributed by atoms with Crippen molar-refractivity contribution in [3.05, 3.63) is 107 Å². The first kappa shape index (κ1) is 29.4. The topological polar surface area (TPSA) is 84.9 Å². The normalized spacial score (nSPS) is 17.2. The molecule has 0 bridgehead atoms. The summed E-state index contributed by atoms with van der Waals surface area (Å²) in [6.07, 6.45) is -5.52. The molecule has 1 aliphatic heterocycles. The number of hydrogen-bond donors (Lipinski definition) is 1. The van der Waals surface area contributed by atoms with Crippen molar-refractivity contribution >= 4 is 17.6 Å². The Labute approximate surface area is 235 Å². The van der Waals surface area contributed by atoms with Gasteiger partial charge in [-0.3, -0.25) is 14.4 Å². The molecule has 0 aliphatic carbocycles. The maximum Gasteiger partial charge on any atom is 0.425 e. The lowest BCUT2D eigenvalue weighted by atomic mass is 9.84. The van der Waals surface area contributed by atoms with Crippen molar-refractivity contribution in [1.82, 2.24) is 10.2 Å². The Kier molecular flexibility index (Phi) is 8.23. The maximum absolute atomic E-state index is 15.2. The van der Waals surface area contributed by atoms with Gasteiger partial charge in [0.05, 0.1) is 25.3 Å². The van der Waals surface area contributed by atoms with Gasteiger partial charge in [-0.15, -0.1) is 0 Å². The zero-order chi connectivity index (χ0) is 29.9. The summed E-state index contributed by atoms with van der Waals surface area (Å²) >= 11 is 0. The number of amides is 2. The molecule has 214 valence electrons. The third kappa shape index (κ3) is 5.68. The molecular formula is C31H29F3N2O5. The Balaban J connectivity index is 1.81. The number of carbonyl (C=O) groups is 3. The van der Waals surface area contributed by atoms with Crippen LogP contribution in [0.3, 0.4) is 0 Å². The van der Waals surface area contributed by atoms with Gasteiger partial charge in [-0.1, -0.05) is 42.5 Å². The van der Waals surface area contributed by atoms with Gasteiger partial charge >= 0.3 is 6.18 Å². The van der Waals surface area contributed by atoms with Crippen molar-refractivity contribution in [2.75, 3.05) is 7.11 Å². The molecular weight excluding hydrogens is 537 g/mol. The van der Waals surface area contributed by atoms with Gasteiger partial charge in [-0.2, -0.15) is 13.2 Å². The van der Waals surface area contributed by atoms with Gasteiger partial charge in [0.25, 0.3) is 11.8 Å². The van der Waals surface area contributed by atoms with Crippen molar-refractivity contribution in [3.63, 3.8) is 0 Å². The second-order valence-corrected chi connectivity index (χ2v) is 9.79. The molecule has 41 heavy (non-hydrogen) atoms. The van der Waals surface area contributed by atoms with E-state index in [-0.39, 0.29) is 29.5 Å². The van der Waals surface area contributed by atoms with E-state index in [1.807, 2.05) is 5.32 Å². The van der Waals surface area contributed by atoms with Gasteiger partial charge in [0, 0.05) is 16.8 Å². The summed E-state index contributed by atoms with van der Waals surface area (Å²) in [5.41, 5.74) is -4.40. The highest BCUT2D eigenvalue weighted by atomic mass is 19.4. The first-order chi connectivity index (χ1) is 19.4. The van der Waals surface area contributed by atoms with Crippen LogP contribution in [0.1, 0.15) is 47.1 Å². The molecule has 2 amide bonds. The van der Waals surface area contributed by atoms with Gasteiger partial charge in [-0.25, -0.2) is 0 Å². The lowest BCUT2D eigenvalue weighted by molar-refractivity contribution is -0.189. The molecule has 0 saturated heterocycles. The molecule has 3 aromatic rings. The van der Waals surface area contributed by atoms with Crippen molar-refractivity contribution < 1.29 is 37.0 Å². The van der Waals surface area contributed by atoms with Crippen LogP contribution in [0.25, 0.3) is 0 Å². The number of nitrogens with one attached hydrogen (secondary N) is 1. The number of ether oxygens (including phenoxy) is 2. The Hall–Kier alpha value is -4.60. The second-order valence-electron chi connectivity index (χ2n) is 9.79. The number of hydrogen-bond acceptors (Lipinski definition) is 5.